The molecule has 0 saturated heterocycles. The fraction of sp³-hybridized carbons (Fsp3) is 0.222. The molecule has 152 valence electrons. The summed E-state index contributed by atoms with van der Waals surface area (Å²) >= 11 is 5.83. The summed E-state index contributed by atoms with van der Waals surface area (Å²) in [6.07, 6.45) is -1.18. The molecule has 0 spiro atoms. The molecule has 2 N–H and O–H groups in total. The zero-order chi connectivity index (χ0) is 21.1. The van der Waals surface area contributed by atoms with Crippen LogP contribution in [0.4, 0.5) is 20.2 Å². The average Bonchev–Trinajstić information content (AvgIpc) is 3.21. The molecule has 1 aromatic carbocycles. The van der Waals surface area contributed by atoms with Gasteiger partial charge in [-0.05, 0) is 31.2 Å². The third-order valence-electron chi connectivity index (χ3n) is 4.01. The molecule has 0 saturated carbocycles. The molecular weight excluding hydrogens is 406 g/mol. The Morgan fingerprint density at radius 1 is 1.17 bits per heavy atom. The van der Waals surface area contributed by atoms with Gasteiger partial charge in [0.05, 0.1) is 10.7 Å². The second-order valence-corrected chi connectivity index (χ2v) is 6.58. The summed E-state index contributed by atoms with van der Waals surface area (Å²) in [5.41, 5.74) is 0.836. The standard InChI is InChI=1S/C18H17ClF2N6O2/c1-10-15(19)16(17(20)21)25-27(10)9-14(28)22-11-4-3-5-12(8-11)23-18(29)13-6-7-26(2)24-13/h3-8,17H,9H2,1-2H3,(H,22,28)(H,23,29). The van der Waals surface area contributed by atoms with Crippen molar-refractivity contribution in [1.29, 1.82) is 0 Å². The molecule has 0 radical (unpaired) electrons. The summed E-state index contributed by atoms with van der Waals surface area (Å²) in [5.74, 6) is -0.878. The van der Waals surface area contributed by atoms with Gasteiger partial charge < -0.3 is 10.6 Å². The van der Waals surface area contributed by atoms with Crippen LogP contribution in [0.15, 0.2) is 36.5 Å². The van der Waals surface area contributed by atoms with Gasteiger partial charge in [0, 0.05) is 24.6 Å². The van der Waals surface area contributed by atoms with Crippen LogP contribution in [0.5, 0.6) is 0 Å². The second-order valence-electron chi connectivity index (χ2n) is 6.20. The van der Waals surface area contributed by atoms with Crippen molar-refractivity contribution in [3.63, 3.8) is 0 Å². The van der Waals surface area contributed by atoms with Gasteiger partial charge in [-0.1, -0.05) is 17.7 Å². The number of carbonyl (C=O) groups is 2. The van der Waals surface area contributed by atoms with Crippen LogP contribution in [-0.4, -0.2) is 31.4 Å². The number of rotatable bonds is 6. The van der Waals surface area contributed by atoms with Crippen LogP contribution in [0.3, 0.4) is 0 Å². The van der Waals surface area contributed by atoms with Crippen molar-refractivity contribution in [2.45, 2.75) is 19.9 Å². The zero-order valence-electron chi connectivity index (χ0n) is 15.5. The van der Waals surface area contributed by atoms with E-state index in [0.29, 0.717) is 11.4 Å². The fourth-order valence-corrected chi connectivity index (χ4v) is 2.80. The number of hydrogen-bond acceptors (Lipinski definition) is 4. The van der Waals surface area contributed by atoms with Crippen LogP contribution in [0, 0.1) is 6.92 Å². The number of amides is 2. The van der Waals surface area contributed by atoms with E-state index in [1.165, 1.54) is 11.6 Å². The first-order valence-electron chi connectivity index (χ1n) is 8.46. The van der Waals surface area contributed by atoms with Crippen LogP contribution >= 0.6 is 11.6 Å². The predicted octanol–water partition coefficient (Wildman–Crippen LogP) is 3.41. The van der Waals surface area contributed by atoms with Gasteiger partial charge in [-0.2, -0.15) is 10.2 Å². The maximum absolute atomic E-state index is 12.9. The van der Waals surface area contributed by atoms with Gasteiger partial charge in [-0.3, -0.25) is 19.0 Å². The van der Waals surface area contributed by atoms with E-state index in [-0.39, 0.29) is 23.0 Å². The molecule has 0 bridgehead atoms. The Morgan fingerprint density at radius 3 is 2.45 bits per heavy atom. The van der Waals surface area contributed by atoms with Gasteiger partial charge in [0.25, 0.3) is 12.3 Å². The quantitative estimate of drug-likeness (QED) is 0.636. The molecule has 11 heteroatoms. The first kappa shape index (κ1) is 20.5. The van der Waals surface area contributed by atoms with Gasteiger partial charge >= 0.3 is 0 Å². The molecule has 8 nitrogen and oxygen atoms in total. The molecule has 2 aromatic heterocycles. The average molecular weight is 423 g/mol. The molecule has 2 amide bonds. The fourth-order valence-electron chi connectivity index (χ4n) is 2.58. The van der Waals surface area contributed by atoms with E-state index in [2.05, 4.69) is 20.8 Å². The van der Waals surface area contributed by atoms with E-state index in [1.54, 1.807) is 43.6 Å². The Hall–Kier alpha value is -3.27. The number of aromatic nitrogens is 4. The summed E-state index contributed by atoms with van der Waals surface area (Å²) < 4.78 is 28.4. The number of hydrogen-bond donors (Lipinski definition) is 2. The Labute approximate surface area is 169 Å². The minimum Gasteiger partial charge on any atom is -0.324 e. The minimum absolute atomic E-state index is 0.160. The normalized spacial score (nSPS) is 11.0. The summed E-state index contributed by atoms with van der Waals surface area (Å²) in [5, 5.41) is 12.9. The third-order valence-corrected chi connectivity index (χ3v) is 4.48. The third kappa shape index (κ3) is 4.77. The number of aryl methyl sites for hydroxylation is 1. The molecule has 0 atom stereocenters. The predicted molar refractivity (Wildman–Crippen MR) is 103 cm³/mol. The van der Waals surface area contributed by atoms with Gasteiger partial charge in [0.2, 0.25) is 5.91 Å². The minimum atomic E-state index is -2.83. The lowest BCUT2D eigenvalue weighted by Crippen LogP contribution is -2.20. The lowest BCUT2D eigenvalue weighted by molar-refractivity contribution is -0.117. The van der Waals surface area contributed by atoms with Crippen LogP contribution < -0.4 is 10.6 Å². The number of nitrogens with one attached hydrogen (secondary N) is 2. The molecule has 2 heterocycles. The Balaban J connectivity index is 1.66. The van der Waals surface area contributed by atoms with Crippen molar-refractivity contribution in [2.75, 3.05) is 10.6 Å². The van der Waals surface area contributed by atoms with E-state index >= 15 is 0 Å². The molecular formula is C18H17ClF2N6O2. The maximum atomic E-state index is 12.9. The van der Waals surface area contributed by atoms with Crippen molar-refractivity contribution < 1.29 is 18.4 Å². The van der Waals surface area contributed by atoms with Gasteiger partial charge in [-0.25, -0.2) is 8.78 Å². The van der Waals surface area contributed by atoms with Crippen molar-refractivity contribution >= 4 is 34.8 Å². The molecule has 29 heavy (non-hydrogen) atoms. The Kier molecular flexibility index (Phi) is 5.92. The Bertz CT molecular complexity index is 1060. The van der Waals surface area contributed by atoms with Gasteiger partial charge in [0.15, 0.2) is 5.69 Å². The summed E-state index contributed by atoms with van der Waals surface area (Å²) in [7, 11) is 1.70. The maximum Gasteiger partial charge on any atom is 0.283 e. The molecule has 0 fully saturated rings. The van der Waals surface area contributed by atoms with Crippen molar-refractivity contribution in [1.82, 2.24) is 19.6 Å². The van der Waals surface area contributed by atoms with Crippen LogP contribution in [-0.2, 0) is 18.4 Å². The van der Waals surface area contributed by atoms with Crippen LogP contribution in [0.2, 0.25) is 5.02 Å². The SMILES string of the molecule is Cc1c(Cl)c(C(F)F)nn1CC(=O)Nc1cccc(NC(=O)c2ccn(C)n2)c1. The van der Waals surface area contributed by atoms with Gasteiger partial charge in [0.1, 0.15) is 12.2 Å². The zero-order valence-corrected chi connectivity index (χ0v) is 16.2. The molecule has 0 aliphatic carbocycles. The summed E-state index contributed by atoms with van der Waals surface area (Å²) in [4.78, 5) is 24.4. The highest BCUT2D eigenvalue weighted by molar-refractivity contribution is 6.31. The van der Waals surface area contributed by atoms with Crippen molar-refractivity contribution in [3.8, 4) is 0 Å². The summed E-state index contributed by atoms with van der Waals surface area (Å²) in [6, 6.07) is 8.07. The molecule has 0 aliphatic rings. The molecule has 0 aliphatic heterocycles. The van der Waals surface area contributed by atoms with E-state index < -0.39 is 23.9 Å². The number of halogens is 3. The number of anilines is 2. The summed E-state index contributed by atoms with van der Waals surface area (Å²) in [6.45, 7) is 1.21. The number of alkyl halides is 2. The lowest BCUT2D eigenvalue weighted by Gasteiger charge is -2.09. The topological polar surface area (TPSA) is 93.8 Å². The Morgan fingerprint density at radius 2 is 1.86 bits per heavy atom. The van der Waals surface area contributed by atoms with Crippen molar-refractivity contribution in [2.24, 2.45) is 7.05 Å². The molecule has 3 aromatic rings. The molecule has 0 unspecified atom stereocenters. The second kappa shape index (κ2) is 8.39. The highest BCUT2D eigenvalue weighted by atomic mass is 35.5. The number of carbonyl (C=O) groups excluding carboxylic acids is 2. The first-order valence-corrected chi connectivity index (χ1v) is 8.84. The molecule has 3 rings (SSSR count). The van der Waals surface area contributed by atoms with Gasteiger partial charge in [-0.15, -0.1) is 0 Å². The van der Waals surface area contributed by atoms with Crippen LogP contribution in [0.25, 0.3) is 0 Å². The number of benzene rings is 1. The van der Waals surface area contributed by atoms with Crippen molar-refractivity contribution in [3.05, 3.63) is 58.6 Å². The smallest absolute Gasteiger partial charge is 0.283 e. The monoisotopic (exact) mass is 422 g/mol. The highest BCUT2D eigenvalue weighted by Crippen LogP contribution is 2.28. The van der Waals surface area contributed by atoms with Crippen LogP contribution in [0.1, 0.15) is 28.3 Å². The van der Waals surface area contributed by atoms with E-state index in [0.717, 1.165) is 4.68 Å². The lowest BCUT2D eigenvalue weighted by atomic mass is 10.2. The van der Waals surface area contributed by atoms with E-state index in [1.807, 2.05) is 0 Å². The van der Waals surface area contributed by atoms with E-state index in [9.17, 15) is 18.4 Å². The largest absolute Gasteiger partial charge is 0.324 e. The number of nitrogens with zero attached hydrogens (tertiary/aromatic N) is 4. The van der Waals surface area contributed by atoms with E-state index in [4.69, 9.17) is 11.6 Å². The highest BCUT2D eigenvalue weighted by Gasteiger charge is 2.21. The first-order chi connectivity index (χ1) is 13.7.